The number of aryl methyl sites for hydroxylation is 1. The highest BCUT2D eigenvalue weighted by Crippen LogP contribution is 2.40. The lowest BCUT2D eigenvalue weighted by molar-refractivity contribution is 0.167. The first-order chi connectivity index (χ1) is 10.4. The van der Waals surface area contributed by atoms with Gasteiger partial charge >= 0.3 is 11.8 Å². The number of aromatic nitrogens is 2. The number of benzene rings is 1. The molecule has 1 unspecified atom stereocenters. The van der Waals surface area contributed by atoms with Crippen LogP contribution in [0.1, 0.15) is 18.1 Å². The van der Waals surface area contributed by atoms with E-state index in [-0.39, 0.29) is 12.1 Å². The van der Waals surface area contributed by atoms with Crippen molar-refractivity contribution in [3.05, 3.63) is 32.8 Å². The quantitative estimate of drug-likeness (QED) is 0.805. The predicted molar refractivity (Wildman–Crippen MR) is 81.1 cm³/mol. The van der Waals surface area contributed by atoms with Gasteiger partial charge in [0.1, 0.15) is 17.5 Å². The fraction of sp³-hybridized carbons (Fsp3) is 0.429. The Morgan fingerprint density at radius 1 is 1.55 bits per heavy atom. The number of hydrogen-bond donors (Lipinski definition) is 0. The second-order valence-electron chi connectivity index (χ2n) is 5.21. The van der Waals surface area contributed by atoms with Gasteiger partial charge in [-0.05, 0) is 25.5 Å². The van der Waals surface area contributed by atoms with Gasteiger partial charge in [0, 0.05) is 19.0 Å². The van der Waals surface area contributed by atoms with E-state index in [9.17, 15) is 4.79 Å². The number of rotatable bonds is 3. The zero-order chi connectivity index (χ0) is 16.0. The summed E-state index contributed by atoms with van der Waals surface area (Å²) in [5.74, 6) is -0.0453. The van der Waals surface area contributed by atoms with E-state index in [0.717, 1.165) is 15.8 Å². The fourth-order valence-electron chi connectivity index (χ4n) is 2.45. The maximum Gasteiger partial charge on any atom is 0.443 e. The van der Waals surface area contributed by atoms with Crippen LogP contribution in [0.4, 0.5) is 6.01 Å². The Bertz CT molecular complexity index is 783. The summed E-state index contributed by atoms with van der Waals surface area (Å²) in [5, 5.41) is 6.05. The molecule has 0 aliphatic carbocycles. The van der Waals surface area contributed by atoms with Crippen molar-refractivity contribution >= 4 is 17.6 Å². The van der Waals surface area contributed by atoms with E-state index in [1.807, 2.05) is 13.8 Å². The van der Waals surface area contributed by atoms with Gasteiger partial charge in [0.2, 0.25) is 0 Å². The standard InChI is InChI=1S/C14H16ClN3O4/c1-7-5-10(12-9(11(7)15)6-8(2)21-12)18-14(19)22-13(16-18)17(3)20-4/h5,8H,6H2,1-4H3. The summed E-state index contributed by atoms with van der Waals surface area (Å²) < 4.78 is 12.1. The molecule has 0 saturated heterocycles. The van der Waals surface area contributed by atoms with Crippen LogP contribution in [0.25, 0.3) is 5.69 Å². The van der Waals surface area contributed by atoms with Crippen molar-refractivity contribution in [3.63, 3.8) is 0 Å². The van der Waals surface area contributed by atoms with Crippen LogP contribution in [0, 0.1) is 6.92 Å². The summed E-state index contributed by atoms with van der Waals surface area (Å²) in [5.41, 5.74) is 2.26. The van der Waals surface area contributed by atoms with Gasteiger partial charge in [-0.15, -0.1) is 5.10 Å². The van der Waals surface area contributed by atoms with Gasteiger partial charge in [0.25, 0.3) is 0 Å². The molecule has 0 saturated carbocycles. The average molecular weight is 326 g/mol. The van der Waals surface area contributed by atoms with Gasteiger partial charge in [0.15, 0.2) is 0 Å². The fourth-order valence-corrected chi connectivity index (χ4v) is 2.67. The Labute approximate surface area is 131 Å². The molecule has 0 bridgehead atoms. The molecule has 22 heavy (non-hydrogen) atoms. The maximum atomic E-state index is 12.1. The van der Waals surface area contributed by atoms with Crippen LogP contribution in [0.15, 0.2) is 15.3 Å². The monoisotopic (exact) mass is 325 g/mol. The Kier molecular flexibility index (Phi) is 3.62. The van der Waals surface area contributed by atoms with Crippen molar-refractivity contribution in [2.24, 2.45) is 0 Å². The molecule has 0 amide bonds. The zero-order valence-electron chi connectivity index (χ0n) is 12.7. The zero-order valence-corrected chi connectivity index (χ0v) is 13.5. The molecule has 0 N–H and O–H groups in total. The molecule has 1 atom stereocenters. The van der Waals surface area contributed by atoms with Crippen molar-refractivity contribution in [1.29, 1.82) is 0 Å². The third kappa shape index (κ3) is 2.26. The molecule has 7 nitrogen and oxygen atoms in total. The van der Waals surface area contributed by atoms with Crippen LogP contribution >= 0.6 is 11.6 Å². The predicted octanol–water partition coefficient (Wildman–Crippen LogP) is 2.11. The minimum absolute atomic E-state index is 0.00299. The smallest absolute Gasteiger partial charge is 0.443 e. The third-order valence-electron chi connectivity index (χ3n) is 3.59. The number of hydrogen-bond acceptors (Lipinski definition) is 6. The van der Waals surface area contributed by atoms with Crippen molar-refractivity contribution < 1.29 is 14.0 Å². The van der Waals surface area contributed by atoms with Crippen LogP contribution < -0.4 is 15.6 Å². The molecule has 0 fully saturated rings. The summed E-state index contributed by atoms with van der Waals surface area (Å²) in [4.78, 5) is 17.1. The van der Waals surface area contributed by atoms with Crippen LogP contribution in [-0.2, 0) is 11.3 Å². The normalized spacial score (nSPS) is 16.5. The van der Waals surface area contributed by atoms with E-state index in [2.05, 4.69) is 5.10 Å². The minimum Gasteiger partial charge on any atom is -0.488 e. The van der Waals surface area contributed by atoms with Gasteiger partial charge in [-0.1, -0.05) is 11.6 Å². The number of ether oxygens (including phenoxy) is 1. The number of fused-ring (bicyclic) bond motifs is 1. The molecule has 8 heteroatoms. The molecular weight excluding hydrogens is 310 g/mol. The molecule has 2 aromatic rings. The molecule has 1 aliphatic heterocycles. The van der Waals surface area contributed by atoms with Gasteiger partial charge in [0.05, 0.1) is 12.1 Å². The van der Waals surface area contributed by atoms with E-state index < -0.39 is 5.76 Å². The maximum absolute atomic E-state index is 12.1. The molecule has 0 spiro atoms. The van der Waals surface area contributed by atoms with Crippen LogP contribution in [-0.4, -0.2) is 30.0 Å². The van der Waals surface area contributed by atoms with Gasteiger partial charge in [-0.3, -0.25) is 4.84 Å². The van der Waals surface area contributed by atoms with E-state index in [4.69, 9.17) is 25.6 Å². The van der Waals surface area contributed by atoms with E-state index in [0.29, 0.717) is 22.9 Å². The van der Waals surface area contributed by atoms with E-state index >= 15 is 0 Å². The minimum atomic E-state index is -0.619. The average Bonchev–Trinajstić information content (AvgIpc) is 3.05. The van der Waals surface area contributed by atoms with E-state index in [1.54, 1.807) is 13.1 Å². The molecule has 118 valence electrons. The molecule has 1 aliphatic rings. The lowest BCUT2D eigenvalue weighted by Gasteiger charge is -2.11. The number of halogens is 1. The molecule has 3 rings (SSSR count). The van der Waals surface area contributed by atoms with Crippen LogP contribution in [0.2, 0.25) is 5.02 Å². The lowest BCUT2D eigenvalue weighted by atomic mass is 10.1. The molecule has 0 radical (unpaired) electrons. The summed E-state index contributed by atoms with van der Waals surface area (Å²) in [7, 11) is 3.04. The molecule has 1 aromatic heterocycles. The second kappa shape index (κ2) is 5.33. The lowest BCUT2D eigenvalue weighted by Crippen LogP contribution is -2.16. The number of anilines is 1. The molecular formula is C14H16ClN3O4. The first-order valence-electron chi connectivity index (χ1n) is 6.79. The Morgan fingerprint density at radius 2 is 2.27 bits per heavy atom. The van der Waals surface area contributed by atoms with Gasteiger partial charge < -0.3 is 9.15 Å². The number of hydroxylamine groups is 1. The van der Waals surface area contributed by atoms with Crippen molar-refractivity contribution in [1.82, 2.24) is 9.78 Å². The second-order valence-corrected chi connectivity index (χ2v) is 5.59. The van der Waals surface area contributed by atoms with Crippen molar-refractivity contribution in [2.75, 3.05) is 19.2 Å². The highest BCUT2D eigenvalue weighted by atomic mass is 35.5. The van der Waals surface area contributed by atoms with Crippen molar-refractivity contribution in [2.45, 2.75) is 26.4 Å². The Morgan fingerprint density at radius 3 is 2.95 bits per heavy atom. The highest BCUT2D eigenvalue weighted by molar-refractivity contribution is 6.32. The number of nitrogens with zero attached hydrogens (tertiary/aromatic N) is 3. The van der Waals surface area contributed by atoms with Crippen molar-refractivity contribution in [3.8, 4) is 11.4 Å². The van der Waals surface area contributed by atoms with Crippen LogP contribution in [0.5, 0.6) is 5.75 Å². The summed E-state index contributed by atoms with van der Waals surface area (Å²) in [6, 6.07) is 1.82. The first kappa shape index (κ1) is 14.9. The SMILES string of the molecule is CON(C)c1nn(-c2cc(C)c(Cl)c3c2OC(C)C3)c(=O)o1. The van der Waals surface area contributed by atoms with Gasteiger partial charge in [-0.2, -0.15) is 4.68 Å². The van der Waals surface area contributed by atoms with Gasteiger partial charge in [-0.25, -0.2) is 9.86 Å². The molecule has 1 aromatic carbocycles. The third-order valence-corrected chi connectivity index (χ3v) is 4.12. The topological polar surface area (TPSA) is 69.7 Å². The Hall–Kier alpha value is -1.99. The summed E-state index contributed by atoms with van der Waals surface area (Å²) in [6.45, 7) is 3.83. The summed E-state index contributed by atoms with van der Waals surface area (Å²) >= 11 is 6.34. The Balaban J connectivity index is 2.18. The first-order valence-corrected chi connectivity index (χ1v) is 7.17. The largest absolute Gasteiger partial charge is 0.488 e. The van der Waals surface area contributed by atoms with E-state index in [1.165, 1.54) is 12.2 Å². The van der Waals surface area contributed by atoms with Crippen LogP contribution in [0.3, 0.4) is 0 Å². The molecule has 2 heterocycles. The summed E-state index contributed by atoms with van der Waals surface area (Å²) in [6.07, 6.45) is 0.692. The highest BCUT2D eigenvalue weighted by Gasteiger charge is 2.29.